The smallest absolute Gasteiger partial charge is 0.275 e. The van der Waals surface area contributed by atoms with E-state index in [1.807, 2.05) is 11.8 Å². The van der Waals surface area contributed by atoms with Crippen LogP contribution in [0.3, 0.4) is 0 Å². The largest absolute Gasteiger partial charge is 0.463 e. The summed E-state index contributed by atoms with van der Waals surface area (Å²) in [4.78, 5) is 40.4. The average molecular weight is 511 g/mol. The van der Waals surface area contributed by atoms with Gasteiger partial charge >= 0.3 is 0 Å². The highest BCUT2D eigenvalue weighted by Crippen LogP contribution is 2.47. The summed E-state index contributed by atoms with van der Waals surface area (Å²) in [5.74, 6) is 1.44. The van der Waals surface area contributed by atoms with Crippen molar-refractivity contribution in [1.29, 1.82) is 0 Å². The van der Waals surface area contributed by atoms with Crippen molar-refractivity contribution in [2.24, 2.45) is 10.7 Å². The van der Waals surface area contributed by atoms with Crippen molar-refractivity contribution in [3.8, 4) is 18.2 Å². The average Bonchev–Trinajstić information content (AvgIpc) is 3.37. The zero-order valence-electron chi connectivity index (χ0n) is 20.1. The predicted molar refractivity (Wildman–Crippen MR) is 136 cm³/mol. The number of benzene rings is 1. The van der Waals surface area contributed by atoms with E-state index in [-0.39, 0.29) is 41.2 Å². The number of carbonyl (C=O) groups is 2. The van der Waals surface area contributed by atoms with Crippen molar-refractivity contribution in [1.82, 2.24) is 14.9 Å². The molecular formula is C25H27FN6O3S. The molecule has 0 bridgehead atoms. The number of carbonyl (C=O) groups excluding carboxylic acids is 2. The number of aromatic nitrogens is 2. The molecule has 188 valence electrons. The number of nitrogens with zero attached hydrogens (tertiary/aromatic N) is 4. The molecule has 1 fully saturated rings. The standard InChI is InChI=1S/C25H27FN6O3S/c1-4-11-35-20-14-28-19(13-29-20)21(33)30-16-7-8-18(26)17(12-16)24(2)15-25(3,36-23(27)31-24)22(34)32-9-5-6-10-32/h1,7-8,12-14H,5-6,9-11,15H2,2-3H3,(H2,27,31)(H,30,33)/t24-,25+/m0/s1. The Labute approximate surface area is 213 Å². The first-order chi connectivity index (χ1) is 17.1. The maximum atomic E-state index is 15.1. The molecule has 0 radical (unpaired) electrons. The van der Waals surface area contributed by atoms with Crippen LogP contribution >= 0.6 is 11.8 Å². The summed E-state index contributed by atoms with van der Waals surface area (Å²) in [7, 11) is 0. The fourth-order valence-electron chi connectivity index (χ4n) is 4.59. The second kappa shape index (κ2) is 10.1. The zero-order chi connectivity index (χ0) is 25.9. The first kappa shape index (κ1) is 25.4. The Bertz CT molecular complexity index is 1240. The molecule has 0 unspecified atom stereocenters. The summed E-state index contributed by atoms with van der Waals surface area (Å²) in [6.45, 7) is 5.03. The van der Waals surface area contributed by atoms with Crippen molar-refractivity contribution in [3.63, 3.8) is 0 Å². The van der Waals surface area contributed by atoms with Gasteiger partial charge in [-0.25, -0.2) is 14.4 Å². The Balaban J connectivity index is 1.56. The molecule has 2 aliphatic heterocycles. The number of hydrogen-bond acceptors (Lipinski definition) is 8. The van der Waals surface area contributed by atoms with E-state index in [1.54, 1.807) is 6.92 Å². The van der Waals surface area contributed by atoms with Crippen LogP contribution in [0.25, 0.3) is 0 Å². The normalized spacial score (nSPS) is 23.5. The Kier molecular flexibility index (Phi) is 7.17. The molecule has 1 saturated heterocycles. The van der Waals surface area contributed by atoms with E-state index in [4.69, 9.17) is 16.9 Å². The van der Waals surface area contributed by atoms with E-state index < -0.39 is 22.0 Å². The molecule has 0 saturated carbocycles. The van der Waals surface area contributed by atoms with Gasteiger partial charge in [-0.1, -0.05) is 17.7 Å². The van der Waals surface area contributed by atoms with Crippen LogP contribution in [0, 0.1) is 18.2 Å². The van der Waals surface area contributed by atoms with Gasteiger partial charge in [0, 0.05) is 30.8 Å². The lowest BCUT2D eigenvalue weighted by atomic mass is 9.82. The Morgan fingerprint density at radius 3 is 2.69 bits per heavy atom. The quantitative estimate of drug-likeness (QED) is 0.573. The number of terminal acetylenes is 1. The third kappa shape index (κ3) is 5.28. The summed E-state index contributed by atoms with van der Waals surface area (Å²) < 4.78 is 19.4. The van der Waals surface area contributed by atoms with E-state index in [2.05, 4.69) is 26.2 Å². The Morgan fingerprint density at radius 1 is 1.28 bits per heavy atom. The summed E-state index contributed by atoms with van der Waals surface area (Å²) in [6.07, 6.45) is 9.87. The third-order valence-electron chi connectivity index (χ3n) is 6.18. The van der Waals surface area contributed by atoms with Crippen LogP contribution in [0.2, 0.25) is 0 Å². The number of thioether (sulfide) groups is 1. The van der Waals surface area contributed by atoms with Crippen LogP contribution in [-0.2, 0) is 10.3 Å². The van der Waals surface area contributed by atoms with Crippen molar-refractivity contribution in [3.05, 3.63) is 47.7 Å². The SMILES string of the molecule is C#CCOc1cnc(C(=O)Nc2ccc(F)c([C@]3(C)C[C@](C)(C(=O)N4CCCC4)SC(N)=N3)c2)cn1. The van der Waals surface area contributed by atoms with Gasteiger partial charge in [0.15, 0.2) is 11.8 Å². The van der Waals surface area contributed by atoms with Gasteiger partial charge in [0.25, 0.3) is 5.91 Å². The third-order valence-corrected chi connectivity index (χ3v) is 7.25. The summed E-state index contributed by atoms with van der Waals surface area (Å²) >= 11 is 1.21. The summed E-state index contributed by atoms with van der Waals surface area (Å²) in [5.41, 5.74) is 5.66. The molecule has 3 N–H and O–H groups in total. The maximum Gasteiger partial charge on any atom is 0.275 e. The van der Waals surface area contributed by atoms with Gasteiger partial charge in [0.1, 0.15) is 16.3 Å². The molecule has 3 heterocycles. The molecule has 9 nitrogen and oxygen atoms in total. The molecule has 11 heteroatoms. The molecule has 4 rings (SSSR count). The second-order valence-electron chi connectivity index (χ2n) is 9.11. The number of nitrogens with two attached hydrogens (primary N) is 1. The lowest BCUT2D eigenvalue weighted by Gasteiger charge is -2.41. The van der Waals surface area contributed by atoms with Crippen LogP contribution < -0.4 is 15.8 Å². The number of halogens is 1. The monoisotopic (exact) mass is 510 g/mol. The van der Waals surface area contributed by atoms with E-state index in [9.17, 15) is 9.59 Å². The zero-order valence-corrected chi connectivity index (χ0v) is 20.9. The highest BCUT2D eigenvalue weighted by atomic mass is 32.2. The first-order valence-electron chi connectivity index (χ1n) is 11.5. The number of rotatable bonds is 6. The fourth-order valence-corrected chi connectivity index (χ4v) is 5.87. The van der Waals surface area contributed by atoms with Crippen LogP contribution in [-0.4, -0.2) is 56.3 Å². The van der Waals surface area contributed by atoms with E-state index in [1.165, 1.54) is 42.4 Å². The van der Waals surface area contributed by atoms with E-state index in [0.29, 0.717) is 18.8 Å². The molecule has 36 heavy (non-hydrogen) atoms. The number of anilines is 1. The Hall–Kier alpha value is -3.65. The molecular weight excluding hydrogens is 483 g/mol. The number of amidine groups is 1. The molecule has 0 aliphatic carbocycles. The second-order valence-corrected chi connectivity index (χ2v) is 10.6. The summed E-state index contributed by atoms with van der Waals surface area (Å²) in [5, 5.41) is 2.92. The van der Waals surface area contributed by atoms with Crippen molar-refractivity contribution < 1.29 is 18.7 Å². The van der Waals surface area contributed by atoms with Crippen LogP contribution in [0.5, 0.6) is 5.88 Å². The van der Waals surface area contributed by atoms with E-state index in [0.717, 1.165) is 12.8 Å². The first-order valence-corrected chi connectivity index (χ1v) is 12.3. The summed E-state index contributed by atoms with van der Waals surface area (Å²) in [6, 6.07) is 4.21. The fraction of sp³-hybridized carbons (Fsp3) is 0.400. The van der Waals surface area contributed by atoms with Gasteiger partial charge < -0.3 is 20.7 Å². The van der Waals surface area contributed by atoms with E-state index >= 15 is 4.39 Å². The van der Waals surface area contributed by atoms with Gasteiger partial charge in [-0.3, -0.25) is 14.6 Å². The lowest BCUT2D eigenvalue weighted by molar-refractivity contribution is -0.132. The number of amides is 2. The highest BCUT2D eigenvalue weighted by Gasteiger charge is 2.49. The van der Waals surface area contributed by atoms with Gasteiger partial charge in [0.05, 0.1) is 17.9 Å². The number of nitrogens with one attached hydrogen (secondary N) is 1. The molecule has 2 aliphatic rings. The molecule has 0 spiro atoms. The minimum Gasteiger partial charge on any atom is -0.463 e. The predicted octanol–water partition coefficient (Wildman–Crippen LogP) is 2.93. The van der Waals surface area contributed by atoms with Crippen LogP contribution in [0.4, 0.5) is 10.1 Å². The lowest BCUT2D eigenvalue weighted by Crippen LogP contribution is -2.51. The minimum atomic E-state index is -1.11. The number of likely N-dealkylation sites (tertiary alicyclic amines) is 1. The van der Waals surface area contributed by atoms with Gasteiger partial charge in [-0.15, -0.1) is 6.42 Å². The molecule has 1 aromatic carbocycles. The van der Waals surface area contributed by atoms with Crippen molar-refractivity contribution in [2.75, 3.05) is 25.0 Å². The van der Waals surface area contributed by atoms with Crippen LogP contribution in [0.1, 0.15) is 49.2 Å². The molecule has 1 aromatic heterocycles. The highest BCUT2D eigenvalue weighted by molar-refractivity contribution is 8.15. The number of aliphatic imine (C=N–C) groups is 1. The Morgan fingerprint density at radius 2 is 2.03 bits per heavy atom. The van der Waals surface area contributed by atoms with Crippen molar-refractivity contribution >= 4 is 34.4 Å². The minimum absolute atomic E-state index is 0.0211. The van der Waals surface area contributed by atoms with Crippen LogP contribution in [0.15, 0.2) is 35.6 Å². The molecule has 2 atom stereocenters. The van der Waals surface area contributed by atoms with Crippen molar-refractivity contribution in [2.45, 2.75) is 43.4 Å². The van der Waals surface area contributed by atoms with Gasteiger partial charge in [0.2, 0.25) is 11.8 Å². The van der Waals surface area contributed by atoms with Gasteiger partial charge in [-0.2, -0.15) is 0 Å². The number of ether oxygens (including phenoxy) is 1. The molecule has 2 aromatic rings. The maximum absolute atomic E-state index is 15.1. The topological polar surface area (TPSA) is 123 Å². The number of hydrogen-bond donors (Lipinski definition) is 2. The van der Waals surface area contributed by atoms with Gasteiger partial charge in [-0.05, 0) is 44.9 Å². The molecule has 2 amide bonds.